The van der Waals surface area contributed by atoms with Gasteiger partial charge in [-0.1, -0.05) is 0 Å². The van der Waals surface area contributed by atoms with Gasteiger partial charge in [-0.25, -0.2) is 8.42 Å². The van der Waals surface area contributed by atoms with E-state index in [0.29, 0.717) is 13.0 Å². The summed E-state index contributed by atoms with van der Waals surface area (Å²) < 4.78 is 22.7. The van der Waals surface area contributed by atoms with Gasteiger partial charge in [0.25, 0.3) is 0 Å². The second-order valence-corrected chi connectivity index (χ2v) is 6.68. The Balaban J connectivity index is 2.04. The van der Waals surface area contributed by atoms with Crippen molar-refractivity contribution in [2.75, 3.05) is 18.1 Å². The van der Waals surface area contributed by atoms with Gasteiger partial charge in [0, 0.05) is 18.5 Å². The van der Waals surface area contributed by atoms with Gasteiger partial charge < -0.3 is 4.90 Å². The second kappa shape index (κ2) is 3.77. The minimum absolute atomic E-state index is 0.0619. The molecule has 1 aliphatic heterocycles. The minimum Gasteiger partial charge on any atom is -0.339 e. The quantitative estimate of drug-likeness (QED) is 0.708. The Hall–Kier alpha value is -0.580. The first-order chi connectivity index (χ1) is 7.03. The Morgan fingerprint density at radius 1 is 1.33 bits per heavy atom. The van der Waals surface area contributed by atoms with Crippen LogP contribution in [0.15, 0.2) is 0 Å². The average molecular weight is 231 g/mol. The largest absolute Gasteiger partial charge is 0.339 e. The zero-order chi connectivity index (χ0) is 11.1. The molecule has 4 nitrogen and oxygen atoms in total. The van der Waals surface area contributed by atoms with E-state index in [-0.39, 0.29) is 29.4 Å². The monoisotopic (exact) mass is 231 g/mol. The van der Waals surface area contributed by atoms with Gasteiger partial charge in [0.15, 0.2) is 9.84 Å². The maximum absolute atomic E-state index is 11.9. The van der Waals surface area contributed by atoms with Gasteiger partial charge in [-0.05, 0) is 26.2 Å². The van der Waals surface area contributed by atoms with Crippen molar-refractivity contribution in [1.29, 1.82) is 0 Å². The number of carbonyl (C=O) groups is 1. The molecule has 15 heavy (non-hydrogen) atoms. The van der Waals surface area contributed by atoms with Crippen molar-refractivity contribution in [2.45, 2.75) is 32.2 Å². The highest BCUT2D eigenvalue weighted by Crippen LogP contribution is 2.32. The molecule has 5 heteroatoms. The second-order valence-electron chi connectivity index (χ2n) is 4.46. The number of nitrogens with zero attached hydrogens (tertiary/aromatic N) is 1. The van der Waals surface area contributed by atoms with Crippen LogP contribution in [0.1, 0.15) is 26.2 Å². The first-order valence-electron chi connectivity index (χ1n) is 5.54. The van der Waals surface area contributed by atoms with Crippen LogP contribution in [-0.4, -0.2) is 43.3 Å². The third-order valence-electron chi connectivity index (χ3n) is 3.20. The number of sulfone groups is 1. The maximum Gasteiger partial charge on any atom is 0.225 e. The van der Waals surface area contributed by atoms with Crippen LogP contribution >= 0.6 is 0 Å². The van der Waals surface area contributed by atoms with Crippen molar-refractivity contribution in [1.82, 2.24) is 4.90 Å². The fourth-order valence-corrected chi connectivity index (χ4v) is 3.91. The Kier molecular flexibility index (Phi) is 2.75. The molecule has 0 bridgehead atoms. The van der Waals surface area contributed by atoms with Gasteiger partial charge >= 0.3 is 0 Å². The number of amides is 1. The summed E-state index contributed by atoms with van der Waals surface area (Å²) in [6.07, 6.45) is 2.58. The summed E-state index contributed by atoms with van der Waals surface area (Å²) in [5.74, 6) is 0.763. The SMILES string of the molecule is CCN(C(=O)C1CC1)[C@H]1CCS(=O)(=O)C1. The van der Waals surface area contributed by atoms with E-state index in [9.17, 15) is 13.2 Å². The highest BCUT2D eigenvalue weighted by atomic mass is 32.2. The summed E-state index contributed by atoms with van der Waals surface area (Å²) in [5.41, 5.74) is 0. The number of rotatable bonds is 3. The van der Waals surface area contributed by atoms with E-state index in [0.717, 1.165) is 12.8 Å². The number of hydrogen-bond donors (Lipinski definition) is 0. The standard InChI is InChI=1S/C10H17NO3S/c1-2-11(10(12)8-3-4-8)9-5-6-15(13,14)7-9/h8-9H,2-7H2,1H3/t9-/m0/s1. The van der Waals surface area contributed by atoms with Crippen molar-refractivity contribution in [2.24, 2.45) is 5.92 Å². The average Bonchev–Trinajstić information content (AvgIpc) is 2.93. The van der Waals surface area contributed by atoms with Crippen LogP contribution in [0, 0.1) is 5.92 Å². The summed E-state index contributed by atoms with van der Waals surface area (Å²) >= 11 is 0. The fraction of sp³-hybridized carbons (Fsp3) is 0.900. The van der Waals surface area contributed by atoms with Crippen LogP contribution in [0.4, 0.5) is 0 Å². The van der Waals surface area contributed by atoms with Crippen molar-refractivity contribution in [3.63, 3.8) is 0 Å². The Morgan fingerprint density at radius 2 is 2.00 bits per heavy atom. The lowest BCUT2D eigenvalue weighted by Crippen LogP contribution is -2.41. The van der Waals surface area contributed by atoms with E-state index in [1.165, 1.54) is 0 Å². The Morgan fingerprint density at radius 3 is 2.40 bits per heavy atom. The van der Waals surface area contributed by atoms with Gasteiger partial charge in [0.1, 0.15) is 0 Å². The van der Waals surface area contributed by atoms with Crippen LogP contribution < -0.4 is 0 Å². The van der Waals surface area contributed by atoms with Crippen LogP contribution in [0.5, 0.6) is 0 Å². The molecule has 0 radical (unpaired) electrons. The maximum atomic E-state index is 11.9. The van der Waals surface area contributed by atoms with E-state index < -0.39 is 9.84 Å². The van der Waals surface area contributed by atoms with Gasteiger partial charge in [0.05, 0.1) is 11.5 Å². The van der Waals surface area contributed by atoms with Crippen LogP contribution in [0.25, 0.3) is 0 Å². The molecule has 1 saturated carbocycles. The highest BCUT2D eigenvalue weighted by molar-refractivity contribution is 7.91. The zero-order valence-corrected chi connectivity index (χ0v) is 9.79. The first kappa shape index (κ1) is 10.9. The van der Waals surface area contributed by atoms with Crippen LogP contribution in [0.3, 0.4) is 0 Å². The topological polar surface area (TPSA) is 54.5 Å². The molecular weight excluding hydrogens is 214 g/mol. The van der Waals surface area contributed by atoms with Crippen molar-refractivity contribution in [3.8, 4) is 0 Å². The van der Waals surface area contributed by atoms with Crippen molar-refractivity contribution < 1.29 is 13.2 Å². The number of hydrogen-bond acceptors (Lipinski definition) is 3. The third kappa shape index (κ3) is 2.33. The van der Waals surface area contributed by atoms with E-state index in [4.69, 9.17) is 0 Å². The molecule has 1 aliphatic carbocycles. The van der Waals surface area contributed by atoms with Crippen molar-refractivity contribution >= 4 is 15.7 Å². The molecule has 0 aromatic rings. The molecule has 0 unspecified atom stereocenters. The Labute approximate surface area is 90.6 Å². The highest BCUT2D eigenvalue weighted by Gasteiger charge is 2.39. The fourth-order valence-electron chi connectivity index (χ4n) is 2.18. The van der Waals surface area contributed by atoms with E-state index in [1.54, 1.807) is 4.90 Å². The molecular formula is C10H17NO3S. The molecule has 0 aromatic heterocycles. The molecule has 0 aromatic carbocycles. The predicted octanol–water partition coefficient (Wildman–Crippen LogP) is 0.432. The first-order valence-corrected chi connectivity index (χ1v) is 7.36. The lowest BCUT2D eigenvalue weighted by atomic mass is 10.2. The van der Waals surface area contributed by atoms with Gasteiger partial charge in [-0.2, -0.15) is 0 Å². The van der Waals surface area contributed by atoms with Gasteiger partial charge in [0.2, 0.25) is 5.91 Å². The molecule has 2 fully saturated rings. The van der Waals surface area contributed by atoms with E-state index >= 15 is 0 Å². The van der Waals surface area contributed by atoms with Crippen molar-refractivity contribution in [3.05, 3.63) is 0 Å². The molecule has 0 N–H and O–H groups in total. The molecule has 2 rings (SSSR count). The summed E-state index contributed by atoms with van der Waals surface area (Å²) in [5, 5.41) is 0. The smallest absolute Gasteiger partial charge is 0.225 e. The molecule has 1 saturated heterocycles. The van der Waals surface area contributed by atoms with Gasteiger partial charge in [-0.3, -0.25) is 4.79 Å². The lowest BCUT2D eigenvalue weighted by Gasteiger charge is -2.26. The molecule has 1 heterocycles. The molecule has 1 atom stereocenters. The van der Waals surface area contributed by atoms with E-state index in [1.807, 2.05) is 6.92 Å². The minimum atomic E-state index is -2.88. The Bertz CT molecular complexity index is 359. The summed E-state index contributed by atoms with van der Waals surface area (Å²) in [6.45, 7) is 2.56. The van der Waals surface area contributed by atoms with E-state index in [2.05, 4.69) is 0 Å². The predicted molar refractivity (Wildman–Crippen MR) is 57.2 cm³/mol. The van der Waals surface area contributed by atoms with Gasteiger partial charge in [-0.15, -0.1) is 0 Å². The molecule has 1 amide bonds. The van der Waals surface area contributed by atoms with Crippen LogP contribution in [-0.2, 0) is 14.6 Å². The number of carbonyl (C=O) groups excluding carboxylic acids is 1. The molecule has 2 aliphatic rings. The third-order valence-corrected chi connectivity index (χ3v) is 4.95. The lowest BCUT2D eigenvalue weighted by molar-refractivity contribution is -0.134. The summed E-state index contributed by atoms with van der Waals surface area (Å²) in [7, 11) is -2.88. The summed E-state index contributed by atoms with van der Waals surface area (Å²) in [4.78, 5) is 13.6. The van der Waals surface area contributed by atoms with Crippen LogP contribution in [0.2, 0.25) is 0 Å². The zero-order valence-electron chi connectivity index (χ0n) is 8.98. The molecule has 86 valence electrons. The normalized spacial score (nSPS) is 29.0. The summed E-state index contributed by atoms with van der Waals surface area (Å²) in [6, 6.07) is -0.0619. The molecule has 0 spiro atoms.